The van der Waals surface area contributed by atoms with Gasteiger partial charge in [0.05, 0.1) is 17.1 Å². The van der Waals surface area contributed by atoms with Crippen LogP contribution < -0.4 is 16.3 Å². The minimum Gasteiger partial charge on any atom is -0.360 e. The minimum absolute atomic E-state index is 0.106. The quantitative estimate of drug-likeness (QED) is 0.848. The Balaban J connectivity index is 1.82. The molecular formula is C19H25FN4O3. The molecule has 0 bridgehead atoms. The first-order valence-electron chi connectivity index (χ1n) is 9.44. The van der Waals surface area contributed by atoms with Gasteiger partial charge >= 0.3 is 5.69 Å². The summed E-state index contributed by atoms with van der Waals surface area (Å²) in [4.78, 5) is 24.6. The van der Waals surface area contributed by atoms with Gasteiger partial charge < -0.3 is 15.4 Å². The number of ether oxygens (including phenoxy) is 1. The van der Waals surface area contributed by atoms with E-state index in [4.69, 9.17) is 4.74 Å². The standard InChI is InChI=1S/C19H25FN4O3/c1-23-15-9-12(11-5-7-21-8-6-11)13(20)10-16(15)24(19(23)26)14-3-4-17(25)22-18(14)27-2/h9-11,14,18,21H,3-8H2,1-2H3,(H,22,25). The third-order valence-electron chi connectivity index (χ3n) is 5.89. The average Bonchev–Trinajstić information content (AvgIpc) is 2.92. The molecule has 0 aliphatic carbocycles. The van der Waals surface area contributed by atoms with Crippen LogP contribution in [0.4, 0.5) is 4.39 Å². The summed E-state index contributed by atoms with van der Waals surface area (Å²) in [6.45, 7) is 1.75. The average molecular weight is 376 g/mol. The van der Waals surface area contributed by atoms with Crippen molar-refractivity contribution in [3.63, 3.8) is 0 Å². The molecule has 2 saturated heterocycles. The van der Waals surface area contributed by atoms with Gasteiger partial charge in [0.15, 0.2) is 6.23 Å². The van der Waals surface area contributed by atoms with E-state index in [0.29, 0.717) is 29.4 Å². The van der Waals surface area contributed by atoms with Gasteiger partial charge in [-0.1, -0.05) is 0 Å². The summed E-state index contributed by atoms with van der Waals surface area (Å²) in [5.41, 5.74) is 1.70. The lowest BCUT2D eigenvalue weighted by atomic mass is 9.89. The zero-order valence-corrected chi connectivity index (χ0v) is 15.6. The van der Waals surface area contributed by atoms with Crippen molar-refractivity contribution in [1.82, 2.24) is 19.8 Å². The molecule has 1 amide bonds. The predicted octanol–water partition coefficient (Wildman–Crippen LogP) is 1.37. The fourth-order valence-corrected chi connectivity index (χ4v) is 4.40. The summed E-state index contributed by atoms with van der Waals surface area (Å²) < 4.78 is 23.5. The first-order chi connectivity index (χ1) is 13.0. The molecule has 2 fully saturated rings. The van der Waals surface area contributed by atoms with Gasteiger partial charge in [0.1, 0.15) is 5.82 Å². The maximum absolute atomic E-state index is 15.0. The number of hydrogen-bond donors (Lipinski definition) is 2. The highest BCUT2D eigenvalue weighted by molar-refractivity contribution is 5.79. The Hall–Kier alpha value is -2.19. The van der Waals surface area contributed by atoms with Crippen LogP contribution in [0.3, 0.4) is 0 Å². The first-order valence-corrected chi connectivity index (χ1v) is 9.44. The molecule has 0 saturated carbocycles. The molecule has 2 N–H and O–H groups in total. The number of halogens is 1. The number of amides is 1. The van der Waals surface area contributed by atoms with Crippen LogP contribution in [0.2, 0.25) is 0 Å². The van der Waals surface area contributed by atoms with Crippen molar-refractivity contribution in [2.24, 2.45) is 7.05 Å². The van der Waals surface area contributed by atoms with Crippen LogP contribution in [-0.4, -0.2) is 41.5 Å². The largest absolute Gasteiger partial charge is 0.360 e. The van der Waals surface area contributed by atoms with Crippen molar-refractivity contribution in [3.05, 3.63) is 34.0 Å². The molecular weight excluding hydrogens is 351 g/mol. The van der Waals surface area contributed by atoms with Crippen LogP contribution in [0.25, 0.3) is 11.0 Å². The van der Waals surface area contributed by atoms with Gasteiger partial charge in [-0.15, -0.1) is 0 Å². The van der Waals surface area contributed by atoms with Crippen molar-refractivity contribution in [3.8, 4) is 0 Å². The Morgan fingerprint density at radius 1 is 1.15 bits per heavy atom. The number of hydrogen-bond acceptors (Lipinski definition) is 4. The number of carbonyl (C=O) groups is 1. The van der Waals surface area contributed by atoms with Crippen molar-refractivity contribution in [2.75, 3.05) is 20.2 Å². The zero-order valence-electron chi connectivity index (χ0n) is 15.6. The number of nitrogens with one attached hydrogen (secondary N) is 2. The Labute approximate surface area is 156 Å². The van der Waals surface area contributed by atoms with Gasteiger partial charge in [0.25, 0.3) is 0 Å². The van der Waals surface area contributed by atoms with Gasteiger partial charge in [-0.3, -0.25) is 13.9 Å². The molecule has 7 nitrogen and oxygen atoms in total. The summed E-state index contributed by atoms with van der Waals surface area (Å²) in [6, 6.07) is 2.92. The van der Waals surface area contributed by atoms with Crippen molar-refractivity contribution in [2.45, 2.75) is 43.9 Å². The number of piperidine rings is 2. The molecule has 0 spiro atoms. The lowest BCUT2D eigenvalue weighted by Gasteiger charge is -2.31. The molecule has 2 aliphatic rings. The fraction of sp³-hybridized carbons (Fsp3) is 0.579. The second-order valence-electron chi connectivity index (χ2n) is 7.43. The van der Waals surface area contributed by atoms with E-state index in [1.165, 1.54) is 13.2 Å². The number of rotatable bonds is 3. The molecule has 1 aromatic heterocycles. The van der Waals surface area contributed by atoms with E-state index < -0.39 is 6.23 Å². The molecule has 8 heteroatoms. The van der Waals surface area contributed by atoms with E-state index in [1.807, 2.05) is 6.07 Å². The van der Waals surface area contributed by atoms with E-state index in [-0.39, 0.29) is 29.4 Å². The monoisotopic (exact) mass is 376 g/mol. The Bertz CT molecular complexity index is 929. The van der Waals surface area contributed by atoms with Crippen LogP contribution >= 0.6 is 0 Å². The number of nitrogens with zero attached hydrogens (tertiary/aromatic N) is 2. The molecule has 27 heavy (non-hydrogen) atoms. The summed E-state index contributed by atoms with van der Waals surface area (Å²) in [5.74, 6) is -0.219. The van der Waals surface area contributed by atoms with E-state index in [2.05, 4.69) is 10.6 Å². The summed E-state index contributed by atoms with van der Waals surface area (Å²) >= 11 is 0. The summed E-state index contributed by atoms with van der Waals surface area (Å²) in [5, 5.41) is 6.06. The molecule has 2 unspecified atom stereocenters. The van der Waals surface area contributed by atoms with E-state index in [0.717, 1.165) is 25.9 Å². The van der Waals surface area contributed by atoms with Crippen molar-refractivity contribution in [1.29, 1.82) is 0 Å². The van der Waals surface area contributed by atoms with E-state index in [9.17, 15) is 14.0 Å². The van der Waals surface area contributed by atoms with Crippen LogP contribution in [0.5, 0.6) is 0 Å². The number of aromatic nitrogens is 2. The van der Waals surface area contributed by atoms with Crippen molar-refractivity contribution < 1.29 is 13.9 Å². The van der Waals surface area contributed by atoms with Crippen molar-refractivity contribution >= 4 is 16.9 Å². The SMILES string of the molecule is COC1NC(=O)CCC1n1c(=O)n(C)c2cc(C3CCNCC3)c(F)cc21. The zero-order chi connectivity index (χ0) is 19.1. The van der Waals surface area contributed by atoms with Crippen LogP contribution in [0.1, 0.15) is 43.2 Å². The number of imidazole rings is 1. The maximum atomic E-state index is 15.0. The number of methoxy groups -OCH3 is 1. The second kappa shape index (κ2) is 7.09. The number of benzene rings is 1. The normalized spacial score (nSPS) is 24.3. The summed E-state index contributed by atoms with van der Waals surface area (Å²) in [6.07, 6.45) is 1.95. The molecule has 2 aliphatic heterocycles. The van der Waals surface area contributed by atoms with Crippen LogP contribution in [0, 0.1) is 5.82 Å². The predicted molar refractivity (Wildman–Crippen MR) is 99.2 cm³/mol. The molecule has 3 heterocycles. The first kappa shape index (κ1) is 18.2. The Morgan fingerprint density at radius 2 is 1.89 bits per heavy atom. The Morgan fingerprint density at radius 3 is 2.59 bits per heavy atom. The highest BCUT2D eigenvalue weighted by Crippen LogP contribution is 2.32. The summed E-state index contributed by atoms with van der Waals surface area (Å²) in [7, 11) is 3.20. The molecule has 2 atom stereocenters. The van der Waals surface area contributed by atoms with E-state index in [1.54, 1.807) is 16.2 Å². The smallest absolute Gasteiger partial charge is 0.329 e. The number of fused-ring (bicyclic) bond motifs is 1. The maximum Gasteiger partial charge on any atom is 0.329 e. The topological polar surface area (TPSA) is 77.3 Å². The lowest BCUT2D eigenvalue weighted by Crippen LogP contribution is -2.48. The van der Waals surface area contributed by atoms with E-state index >= 15 is 0 Å². The van der Waals surface area contributed by atoms with Gasteiger partial charge in [-0.05, 0) is 49.9 Å². The van der Waals surface area contributed by atoms with Gasteiger partial charge in [-0.25, -0.2) is 9.18 Å². The molecule has 1 aromatic carbocycles. The van der Waals surface area contributed by atoms with Crippen LogP contribution in [-0.2, 0) is 16.6 Å². The highest BCUT2D eigenvalue weighted by Gasteiger charge is 2.33. The van der Waals surface area contributed by atoms with Crippen LogP contribution in [0.15, 0.2) is 16.9 Å². The van der Waals surface area contributed by atoms with Gasteiger partial charge in [0, 0.05) is 26.6 Å². The second-order valence-corrected chi connectivity index (χ2v) is 7.43. The number of carbonyl (C=O) groups excluding carboxylic acids is 1. The molecule has 146 valence electrons. The molecule has 0 radical (unpaired) electrons. The minimum atomic E-state index is -0.610. The third kappa shape index (κ3) is 3.06. The Kier molecular flexibility index (Phi) is 4.77. The van der Waals surface area contributed by atoms with Gasteiger partial charge in [0.2, 0.25) is 5.91 Å². The van der Waals surface area contributed by atoms with Gasteiger partial charge in [-0.2, -0.15) is 0 Å². The third-order valence-corrected chi connectivity index (χ3v) is 5.89. The highest BCUT2D eigenvalue weighted by atomic mass is 19.1. The number of aryl methyl sites for hydroxylation is 1. The molecule has 2 aromatic rings. The lowest BCUT2D eigenvalue weighted by molar-refractivity contribution is -0.130. The molecule has 4 rings (SSSR count). The fourth-order valence-electron chi connectivity index (χ4n) is 4.40.